The Balaban J connectivity index is 2.04. The van der Waals surface area contributed by atoms with Gasteiger partial charge in [0, 0.05) is 13.1 Å². The zero-order valence-electron chi connectivity index (χ0n) is 16.8. The van der Waals surface area contributed by atoms with Crippen LogP contribution in [0.15, 0.2) is 24.3 Å². The maximum Gasteiger partial charge on any atom is 0.243 e. The third kappa shape index (κ3) is 6.50. The fraction of sp³-hybridized carbons (Fsp3) is 0.650. The fourth-order valence-electron chi connectivity index (χ4n) is 3.57. The predicted molar refractivity (Wildman–Crippen MR) is 110 cm³/mol. The smallest absolute Gasteiger partial charge is 0.243 e. The first-order valence-corrected chi connectivity index (χ1v) is 11.7. The van der Waals surface area contributed by atoms with Crippen molar-refractivity contribution in [2.75, 3.05) is 36.7 Å². The number of benzene rings is 1. The molecule has 0 aromatic heterocycles. The minimum atomic E-state index is -3.58. The second kappa shape index (κ2) is 10.1. The van der Waals surface area contributed by atoms with Crippen molar-refractivity contribution >= 4 is 21.6 Å². The van der Waals surface area contributed by atoms with E-state index in [0.29, 0.717) is 18.7 Å². The Morgan fingerprint density at radius 3 is 2.26 bits per heavy atom. The van der Waals surface area contributed by atoms with Gasteiger partial charge in [0.1, 0.15) is 6.04 Å². The van der Waals surface area contributed by atoms with Crippen LogP contribution in [0.1, 0.15) is 44.6 Å². The van der Waals surface area contributed by atoms with E-state index < -0.39 is 16.1 Å². The number of amides is 1. The lowest BCUT2D eigenvalue weighted by molar-refractivity contribution is -0.122. The molecule has 0 radical (unpaired) electrons. The number of nitrogens with zero attached hydrogens (tertiary/aromatic N) is 2. The molecular weight excluding hydrogens is 362 g/mol. The summed E-state index contributed by atoms with van der Waals surface area (Å²) in [5, 5.41) is 2.95. The Bertz CT molecular complexity index is 696. The number of hydrogen-bond donors (Lipinski definition) is 1. The molecule has 6 nitrogen and oxygen atoms in total. The van der Waals surface area contributed by atoms with E-state index in [1.165, 1.54) is 30.0 Å². The van der Waals surface area contributed by atoms with Crippen LogP contribution in [0.5, 0.6) is 0 Å². The van der Waals surface area contributed by atoms with E-state index in [2.05, 4.69) is 10.2 Å². The number of likely N-dealkylation sites (tertiary alicyclic amines) is 1. The molecule has 1 fully saturated rings. The number of sulfonamides is 1. The molecule has 2 rings (SSSR count). The van der Waals surface area contributed by atoms with Crippen LogP contribution in [0.2, 0.25) is 0 Å². The molecule has 1 N–H and O–H groups in total. The lowest BCUT2D eigenvalue weighted by Crippen LogP contribution is -2.50. The van der Waals surface area contributed by atoms with Crippen LogP contribution in [0.3, 0.4) is 0 Å². The summed E-state index contributed by atoms with van der Waals surface area (Å²) < 4.78 is 26.1. The molecule has 1 heterocycles. The zero-order chi connectivity index (χ0) is 19.9. The lowest BCUT2D eigenvalue weighted by Gasteiger charge is -2.30. The van der Waals surface area contributed by atoms with Crippen LogP contribution in [0.25, 0.3) is 0 Å². The molecule has 0 unspecified atom stereocenters. The SMILES string of the molecule is CC[C@H](C(=O)NCCN1CCCCCC1)N(c1ccc(C)cc1)S(C)(=O)=O. The second-order valence-electron chi connectivity index (χ2n) is 7.37. The topological polar surface area (TPSA) is 69.7 Å². The largest absolute Gasteiger partial charge is 0.353 e. The van der Waals surface area contributed by atoms with Gasteiger partial charge in [-0.1, -0.05) is 37.5 Å². The normalized spacial score (nSPS) is 17.1. The highest BCUT2D eigenvalue weighted by Crippen LogP contribution is 2.23. The average molecular weight is 396 g/mol. The van der Waals surface area contributed by atoms with Crippen LogP contribution >= 0.6 is 0 Å². The van der Waals surface area contributed by atoms with Crippen LogP contribution in [-0.2, 0) is 14.8 Å². The number of rotatable bonds is 8. The van der Waals surface area contributed by atoms with E-state index in [-0.39, 0.29) is 5.91 Å². The Morgan fingerprint density at radius 1 is 1.15 bits per heavy atom. The van der Waals surface area contributed by atoms with Gasteiger partial charge in [-0.2, -0.15) is 0 Å². The summed E-state index contributed by atoms with van der Waals surface area (Å²) in [5.41, 5.74) is 1.57. The summed E-state index contributed by atoms with van der Waals surface area (Å²) >= 11 is 0. The average Bonchev–Trinajstić information content (AvgIpc) is 2.88. The number of carbonyl (C=O) groups excluding carboxylic acids is 1. The standard InChI is InChI=1S/C20H33N3O3S/c1-4-19(20(24)21-13-16-22-14-7-5-6-8-15-22)23(27(3,25)26)18-11-9-17(2)10-12-18/h9-12,19H,4-8,13-16H2,1-3H3,(H,21,24)/t19-/m1/s1. The summed E-state index contributed by atoms with van der Waals surface area (Å²) in [6.45, 7) is 7.29. The lowest BCUT2D eigenvalue weighted by atomic mass is 10.1. The molecule has 0 bridgehead atoms. The Kier molecular flexibility index (Phi) is 8.10. The van der Waals surface area contributed by atoms with E-state index >= 15 is 0 Å². The summed E-state index contributed by atoms with van der Waals surface area (Å²) in [5.74, 6) is -0.238. The zero-order valence-corrected chi connectivity index (χ0v) is 17.6. The molecule has 27 heavy (non-hydrogen) atoms. The van der Waals surface area contributed by atoms with E-state index in [4.69, 9.17) is 0 Å². The number of carbonyl (C=O) groups is 1. The van der Waals surface area contributed by atoms with Crippen LogP contribution < -0.4 is 9.62 Å². The Hall–Kier alpha value is -1.60. The van der Waals surface area contributed by atoms with Crippen molar-refractivity contribution in [1.82, 2.24) is 10.2 Å². The molecule has 1 aliphatic heterocycles. The van der Waals surface area contributed by atoms with Gasteiger partial charge in [-0.15, -0.1) is 0 Å². The first-order chi connectivity index (χ1) is 12.8. The van der Waals surface area contributed by atoms with Crippen LogP contribution in [0, 0.1) is 6.92 Å². The Labute approximate surface area is 164 Å². The van der Waals surface area contributed by atoms with Gasteiger partial charge in [0.15, 0.2) is 0 Å². The summed E-state index contributed by atoms with van der Waals surface area (Å²) in [7, 11) is -3.58. The predicted octanol–water partition coefficient (Wildman–Crippen LogP) is 2.53. The minimum absolute atomic E-state index is 0.238. The molecule has 1 aromatic carbocycles. The molecule has 1 aliphatic rings. The third-order valence-corrected chi connectivity index (χ3v) is 6.22. The maximum absolute atomic E-state index is 12.8. The van der Waals surface area contributed by atoms with Gasteiger partial charge in [-0.25, -0.2) is 8.42 Å². The van der Waals surface area contributed by atoms with Crippen molar-refractivity contribution in [2.45, 2.75) is 52.0 Å². The Morgan fingerprint density at radius 2 is 1.74 bits per heavy atom. The van der Waals surface area contributed by atoms with Crippen molar-refractivity contribution < 1.29 is 13.2 Å². The minimum Gasteiger partial charge on any atom is -0.353 e. The van der Waals surface area contributed by atoms with Crippen molar-refractivity contribution in [3.63, 3.8) is 0 Å². The number of aryl methyl sites for hydroxylation is 1. The highest BCUT2D eigenvalue weighted by Gasteiger charge is 2.31. The molecule has 1 amide bonds. The first-order valence-electron chi connectivity index (χ1n) is 9.89. The fourth-order valence-corrected chi connectivity index (χ4v) is 4.78. The maximum atomic E-state index is 12.8. The third-order valence-electron chi connectivity index (χ3n) is 5.04. The van der Waals surface area contributed by atoms with Crippen LogP contribution in [0.4, 0.5) is 5.69 Å². The number of anilines is 1. The molecule has 0 spiro atoms. The number of hydrogen-bond acceptors (Lipinski definition) is 4. The van der Waals surface area contributed by atoms with E-state index in [1.807, 2.05) is 26.0 Å². The summed E-state index contributed by atoms with van der Waals surface area (Å²) in [6, 6.07) is 6.48. The van der Waals surface area contributed by atoms with E-state index in [1.54, 1.807) is 12.1 Å². The molecule has 0 aliphatic carbocycles. The van der Waals surface area contributed by atoms with Gasteiger partial charge in [-0.3, -0.25) is 9.10 Å². The molecule has 1 aromatic rings. The van der Waals surface area contributed by atoms with Gasteiger partial charge in [0.25, 0.3) is 0 Å². The van der Waals surface area contributed by atoms with Crippen molar-refractivity contribution in [3.05, 3.63) is 29.8 Å². The number of nitrogens with one attached hydrogen (secondary N) is 1. The monoisotopic (exact) mass is 395 g/mol. The first kappa shape index (κ1) is 21.7. The highest BCUT2D eigenvalue weighted by molar-refractivity contribution is 7.92. The van der Waals surface area contributed by atoms with Gasteiger partial charge in [-0.05, 0) is 51.4 Å². The molecule has 7 heteroatoms. The van der Waals surface area contributed by atoms with Gasteiger partial charge in [0.2, 0.25) is 15.9 Å². The van der Waals surface area contributed by atoms with E-state index in [9.17, 15) is 13.2 Å². The van der Waals surface area contributed by atoms with Crippen molar-refractivity contribution in [3.8, 4) is 0 Å². The quantitative estimate of drug-likeness (QED) is 0.734. The van der Waals surface area contributed by atoms with E-state index in [0.717, 1.165) is 31.5 Å². The second-order valence-corrected chi connectivity index (χ2v) is 9.22. The molecule has 1 saturated heterocycles. The van der Waals surface area contributed by atoms with Crippen molar-refractivity contribution in [1.29, 1.82) is 0 Å². The van der Waals surface area contributed by atoms with Gasteiger partial charge in [0.05, 0.1) is 11.9 Å². The summed E-state index contributed by atoms with van der Waals surface area (Å²) in [6.07, 6.45) is 6.54. The molecule has 1 atom stereocenters. The molecular formula is C20H33N3O3S. The van der Waals surface area contributed by atoms with Crippen molar-refractivity contribution in [2.24, 2.45) is 0 Å². The van der Waals surface area contributed by atoms with Gasteiger partial charge >= 0.3 is 0 Å². The van der Waals surface area contributed by atoms with Gasteiger partial charge < -0.3 is 10.2 Å². The highest BCUT2D eigenvalue weighted by atomic mass is 32.2. The van der Waals surface area contributed by atoms with Crippen LogP contribution in [-0.4, -0.2) is 57.7 Å². The molecule has 0 saturated carbocycles. The summed E-state index contributed by atoms with van der Waals surface area (Å²) in [4.78, 5) is 15.2. The molecule has 152 valence electrons.